The van der Waals surface area contributed by atoms with Crippen LogP contribution in [-0.4, -0.2) is 42.5 Å². The lowest BCUT2D eigenvalue weighted by atomic mass is 10.2. The lowest BCUT2D eigenvalue weighted by Crippen LogP contribution is -2.33. The number of anilines is 1. The number of rotatable bonds is 8. The highest BCUT2D eigenvalue weighted by Crippen LogP contribution is 2.16. The van der Waals surface area contributed by atoms with Gasteiger partial charge in [-0.05, 0) is 35.4 Å². The van der Waals surface area contributed by atoms with Crippen molar-refractivity contribution in [2.45, 2.75) is 13.1 Å². The van der Waals surface area contributed by atoms with Gasteiger partial charge in [0.05, 0.1) is 11.3 Å². The lowest BCUT2D eigenvalue weighted by Gasteiger charge is -2.09. The Labute approximate surface area is 210 Å². The third kappa shape index (κ3) is 7.99. The van der Waals surface area contributed by atoms with Gasteiger partial charge >= 0.3 is 6.03 Å². The van der Waals surface area contributed by atoms with E-state index < -0.39 is 33.7 Å². The molecule has 2 aromatic carbocycles. The second-order valence-corrected chi connectivity index (χ2v) is 9.58. The molecule has 0 aliphatic rings. The van der Waals surface area contributed by atoms with Crippen molar-refractivity contribution < 1.29 is 27.2 Å². The Morgan fingerprint density at radius 2 is 1.44 bits per heavy atom. The van der Waals surface area contributed by atoms with Gasteiger partial charge in [-0.2, -0.15) is 0 Å². The Morgan fingerprint density at radius 1 is 0.889 bits per heavy atom. The first-order chi connectivity index (χ1) is 17.0. The number of hydrogen-bond acceptors (Lipinski definition) is 7. The molecule has 3 rings (SSSR count). The minimum atomic E-state index is -3.69. The first-order valence-electron chi connectivity index (χ1n) is 10.2. The molecule has 4 N–H and O–H groups in total. The van der Waals surface area contributed by atoms with Gasteiger partial charge in [0.1, 0.15) is 23.5 Å². The minimum absolute atomic E-state index is 0.0318. The van der Waals surface area contributed by atoms with E-state index in [2.05, 4.69) is 25.9 Å². The van der Waals surface area contributed by atoms with Gasteiger partial charge in [0.25, 0.3) is 11.8 Å². The topological polar surface area (TPSA) is 159 Å². The van der Waals surface area contributed by atoms with Crippen LogP contribution in [0.4, 0.5) is 14.9 Å². The van der Waals surface area contributed by atoms with Crippen molar-refractivity contribution >= 4 is 45.2 Å². The Hall–Kier alpha value is -4.10. The van der Waals surface area contributed by atoms with E-state index in [0.29, 0.717) is 16.8 Å². The highest BCUT2D eigenvalue weighted by atomic mass is 35.5. The van der Waals surface area contributed by atoms with Crippen molar-refractivity contribution in [1.29, 1.82) is 0 Å². The quantitative estimate of drug-likeness (QED) is 0.344. The van der Waals surface area contributed by atoms with Crippen LogP contribution in [0, 0.1) is 5.82 Å². The number of carbonyl (C=O) groups excluding carboxylic acids is 3. The molecule has 36 heavy (non-hydrogen) atoms. The number of sulfonamides is 1. The minimum Gasteiger partial charge on any atom is -0.347 e. The van der Waals surface area contributed by atoms with Gasteiger partial charge < -0.3 is 16.0 Å². The summed E-state index contributed by atoms with van der Waals surface area (Å²) in [7, 11) is -3.69. The van der Waals surface area contributed by atoms with E-state index in [1.54, 1.807) is 16.9 Å². The maximum atomic E-state index is 13.3. The highest BCUT2D eigenvalue weighted by Gasteiger charge is 2.14. The van der Waals surface area contributed by atoms with Gasteiger partial charge in [-0.3, -0.25) is 9.59 Å². The molecular weight excluding hydrogens is 515 g/mol. The van der Waals surface area contributed by atoms with E-state index in [-0.39, 0.29) is 29.5 Å². The summed E-state index contributed by atoms with van der Waals surface area (Å²) in [6.45, 7) is 0.191. The Bertz CT molecular complexity index is 1400. The number of urea groups is 1. The monoisotopic (exact) mass is 534 g/mol. The first-order valence-corrected chi connectivity index (χ1v) is 12.5. The molecule has 0 saturated carbocycles. The molecule has 188 valence electrons. The van der Waals surface area contributed by atoms with E-state index in [9.17, 15) is 27.2 Å². The SMILES string of the molecule is CS(=O)(=O)NC(=O)Nc1ccc(CNC(=O)c2cc(C(=O)NCc3ccc(F)c(Cl)c3)ncn2)cc1. The van der Waals surface area contributed by atoms with Crippen molar-refractivity contribution in [1.82, 2.24) is 25.3 Å². The van der Waals surface area contributed by atoms with Gasteiger partial charge in [-0.25, -0.2) is 32.3 Å². The maximum absolute atomic E-state index is 13.3. The number of aromatic nitrogens is 2. The van der Waals surface area contributed by atoms with Crippen molar-refractivity contribution in [2.75, 3.05) is 11.6 Å². The predicted octanol–water partition coefficient (Wildman–Crippen LogP) is 2.21. The van der Waals surface area contributed by atoms with Crippen LogP contribution in [0.5, 0.6) is 0 Å². The number of carbonyl (C=O) groups is 3. The standard InChI is InChI=1S/C22H20ClFN6O5S/c1-36(34,35)30-22(33)29-15-5-2-13(3-6-15)10-25-20(31)18-9-19(28-12-27-18)21(32)26-11-14-4-7-17(24)16(23)8-14/h2-9,12H,10-11H2,1H3,(H,25,31)(H,26,32)(H2,29,30,33). The number of nitrogens with zero attached hydrogens (tertiary/aromatic N) is 2. The van der Waals surface area contributed by atoms with Crippen molar-refractivity contribution in [3.05, 3.63) is 88.2 Å². The summed E-state index contributed by atoms with van der Waals surface area (Å²) in [5.74, 6) is -1.68. The summed E-state index contributed by atoms with van der Waals surface area (Å²) < 4.78 is 37.2. The fraction of sp³-hybridized carbons (Fsp3) is 0.136. The first kappa shape index (κ1) is 26.5. The summed E-state index contributed by atoms with van der Waals surface area (Å²) in [4.78, 5) is 44.2. The van der Waals surface area contributed by atoms with Crippen LogP contribution in [-0.2, 0) is 23.1 Å². The van der Waals surface area contributed by atoms with E-state index in [1.807, 2.05) is 0 Å². The number of nitrogens with one attached hydrogen (secondary N) is 4. The largest absolute Gasteiger partial charge is 0.347 e. The van der Waals surface area contributed by atoms with Crippen LogP contribution in [0.25, 0.3) is 0 Å². The van der Waals surface area contributed by atoms with Gasteiger partial charge in [0, 0.05) is 24.8 Å². The maximum Gasteiger partial charge on any atom is 0.332 e. The van der Waals surface area contributed by atoms with Crippen LogP contribution in [0.2, 0.25) is 5.02 Å². The summed E-state index contributed by atoms with van der Waals surface area (Å²) in [6.07, 6.45) is 1.94. The van der Waals surface area contributed by atoms with Crippen molar-refractivity contribution in [2.24, 2.45) is 0 Å². The number of amides is 4. The Balaban J connectivity index is 1.53. The van der Waals surface area contributed by atoms with E-state index in [1.165, 1.54) is 36.4 Å². The third-order valence-corrected chi connectivity index (χ3v) is 5.36. The highest BCUT2D eigenvalue weighted by molar-refractivity contribution is 7.89. The van der Waals surface area contributed by atoms with E-state index in [4.69, 9.17) is 11.6 Å². The van der Waals surface area contributed by atoms with Crippen LogP contribution in [0.1, 0.15) is 32.1 Å². The molecule has 3 aromatic rings. The molecule has 11 nitrogen and oxygen atoms in total. The molecule has 0 aliphatic carbocycles. The average molecular weight is 535 g/mol. The fourth-order valence-corrected chi connectivity index (χ4v) is 3.42. The molecule has 0 spiro atoms. The smallest absolute Gasteiger partial charge is 0.332 e. The molecule has 0 atom stereocenters. The zero-order chi connectivity index (χ0) is 26.3. The summed E-state index contributed by atoms with van der Waals surface area (Å²) in [5.41, 5.74) is 1.55. The molecule has 0 fully saturated rings. The van der Waals surface area contributed by atoms with E-state index in [0.717, 1.165) is 12.6 Å². The van der Waals surface area contributed by atoms with Gasteiger partial charge in [0.2, 0.25) is 10.0 Å². The fourth-order valence-electron chi connectivity index (χ4n) is 2.83. The molecule has 0 saturated heterocycles. The van der Waals surface area contributed by atoms with Crippen LogP contribution in [0.15, 0.2) is 54.9 Å². The van der Waals surface area contributed by atoms with Gasteiger partial charge in [0.15, 0.2) is 0 Å². The molecule has 1 aromatic heterocycles. The molecule has 4 amide bonds. The van der Waals surface area contributed by atoms with E-state index >= 15 is 0 Å². The zero-order valence-electron chi connectivity index (χ0n) is 18.7. The van der Waals surface area contributed by atoms with Crippen LogP contribution < -0.4 is 20.7 Å². The normalized spacial score (nSPS) is 10.9. The van der Waals surface area contributed by atoms with Crippen LogP contribution >= 0.6 is 11.6 Å². The Morgan fingerprint density at radius 3 is 2.00 bits per heavy atom. The van der Waals surface area contributed by atoms with Crippen molar-refractivity contribution in [3.8, 4) is 0 Å². The number of hydrogen-bond donors (Lipinski definition) is 4. The number of benzene rings is 2. The van der Waals surface area contributed by atoms with Gasteiger partial charge in [-0.15, -0.1) is 0 Å². The number of halogens is 2. The summed E-state index contributed by atoms with van der Waals surface area (Å²) >= 11 is 5.73. The molecule has 0 bridgehead atoms. The summed E-state index contributed by atoms with van der Waals surface area (Å²) in [5, 5.41) is 7.56. The van der Waals surface area contributed by atoms with Crippen LogP contribution in [0.3, 0.4) is 0 Å². The average Bonchev–Trinajstić information content (AvgIpc) is 2.82. The summed E-state index contributed by atoms with van der Waals surface area (Å²) in [6, 6.07) is 10.7. The second-order valence-electron chi connectivity index (χ2n) is 7.43. The predicted molar refractivity (Wildman–Crippen MR) is 129 cm³/mol. The van der Waals surface area contributed by atoms with Crippen molar-refractivity contribution in [3.63, 3.8) is 0 Å². The lowest BCUT2D eigenvalue weighted by molar-refractivity contribution is 0.0944. The second kappa shape index (κ2) is 11.6. The Kier molecular flexibility index (Phi) is 8.51. The molecule has 14 heteroatoms. The third-order valence-electron chi connectivity index (χ3n) is 4.51. The zero-order valence-corrected chi connectivity index (χ0v) is 20.3. The molecule has 0 aliphatic heterocycles. The molecule has 1 heterocycles. The molecule has 0 unspecified atom stereocenters. The molecular formula is C22H20ClFN6O5S. The molecule has 0 radical (unpaired) electrons. The van der Waals surface area contributed by atoms with Gasteiger partial charge in [-0.1, -0.05) is 29.8 Å².